The van der Waals surface area contributed by atoms with Crippen molar-refractivity contribution >= 4 is 15.9 Å². The van der Waals surface area contributed by atoms with E-state index in [1.165, 1.54) is 0 Å². The molecule has 5 nitrogen and oxygen atoms in total. The van der Waals surface area contributed by atoms with E-state index in [1.807, 2.05) is 23.8 Å². The summed E-state index contributed by atoms with van der Waals surface area (Å²) in [5, 5.41) is 0. The van der Waals surface area contributed by atoms with Crippen molar-refractivity contribution in [1.82, 2.24) is 4.72 Å². The summed E-state index contributed by atoms with van der Waals surface area (Å²) in [5.74, 6) is -0.600. The quantitative estimate of drug-likeness (QED) is 0.913. The molecule has 1 aliphatic heterocycles. The van der Waals surface area contributed by atoms with Crippen LogP contribution >= 0.6 is 0 Å². The molecule has 1 aromatic rings. The van der Waals surface area contributed by atoms with Gasteiger partial charge in [0.15, 0.2) is 0 Å². The first kappa shape index (κ1) is 14.0. The lowest BCUT2D eigenvalue weighted by Crippen LogP contribution is -2.30. The highest BCUT2D eigenvalue weighted by molar-refractivity contribution is 7.89. The van der Waals surface area contributed by atoms with Crippen LogP contribution in [-0.2, 0) is 14.8 Å². The zero-order chi connectivity index (χ0) is 14.0. The Morgan fingerprint density at radius 1 is 1.42 bits per heavy atom. The fraction of sp³-hybridized carbons (Fsp3) is 0.462. The van der Waals surface area contributed by atoms with E-state index in [0.717, 1.165) is 30.2 Å². The van der Waals surface area contributed by atoms with Crippen LogP contribution in [0, 0.1) is 6.92 Å². The standard InChI is InChI=1S/C13H17NO4S/c1-9-5-6-10(12-4-3-7-18-12)11(8-9)13(15)14-19(2,16)17/h5-6,8,12H,3-4,7H2,1-2H3,(H,14,15)/t12-/m1/s1. The Bertz CT molecular complexity index is 589. The second kappa shape index (κ2) is 5.30. The first-order valence-electron chi connectivity index (χ1n) is 6.11. The lowest BCUT2D eigenvalue weighted by atomic mass is 9.98. The van der Waals surface area contributed by atoms with Crippen LogP contribution in [0.15, 0.2) is 18.2 Å². The highest BCUT2D eigenvalue weighted by atomic mass is 32.2. The molecule has 1 fully saturated rings. The number of carbonyl (C=O) groups excluding carboxylic acids is 1. The third-order valence-corrected chi connectivity index (χ3v) is 3.56. The Morgan fingerprint density at radius 2 is 2.16 bits per heavy atom. The molecule has 6 heteroatoms. The topological polar surface area (TPSA) is 72.5 Å². The van der Waals surface area contributed by atoms with Gasteiger partial charge in [-0.25, -0.2) is 13.1 Å². The van der Waals surface area contributed by atoms with Gasteiger partial charge in [-0.2, -0.15) is 0 Å². The van der Waals surface area contributed by atoms with E-state index in [2.05, 4.69) is 0 Å². The van der Waals surface area contributed by atoms with Crippen LogP contribution in [-0.4, -0.2) is 27.2 Å². The third-order valence-electron chi connectivity index (χ3n) is 3.01. The summed E-state index contributed by atoms with van der Waals surface area (Å²) in [6, 6.07) is 5.42. The minimum atomic E-state index is -3.56. The Balaban J connectivity index is 2.36. The van der Waals surface area contributed by atoms with E-state index in [9.17, 15) is 13.2 Å². The minimum absolute atomic E-state index is 0.124. The van der Waals surface area contributed by atoms with Crippen molar-refractivity contribution in [2.45, 2.75) is 25.9 Å². The number of ether oxygens (including phenoxy) is 1. The molecule has 0 aliphatic carbocycles. The SMILES string of the molecule is Cc1ccc([C@H]2CCCO2)c(C(=O)NS(C)(=O)=O)c1. The van der Waals surface area contributed by atoms with Crippen LogP contribution in [0.2, 0.25) is 0 Å². The highest BCUT2D eigenvalue weighted by Gasteiger charge is 2.24. The van der Waals surface area contributed by atoms with Gasteiger partial charge in [0.1, 0.15) is 0 Å². The number of benzene rings is 1. The lowest BCUT2D eigenvalue weighted by Gasteiger charge is -2.15. The van der Waals surface area contributed by atoms with Crippen molar-refractivity contribution < 1.29 is 17.9 Å². The third kappa shape index (κ3) is 3.54. The van der Waals surface area contributed by atoms with Crippen molar-refractivity contribution in [1.29, 1.82) is 0 Å². The molecule has 0 bridgehead atoms. The van der Waals surface area contributed by atoms with Crippen molar-refractivity contribution in [3.63, 3.8) is 0 Å². The number of amides is 1. The predicted molar refractivity (Wildman–Crippen MR) is 71.4 cm³/mol. The largest absolute Gasteiger partial charge is 0.374 e. The van der Waals surface area contributed by atoms with E-state index < -0.39 is 15.9 Å². The van der Waals surface area contributed by atoms with Crippen LogP contribution in [0.4, 0.5) is 0 Å². The summed E-state index contributed by atoms with van der Waals surface area (Å²) in [7, 11) is -3.56. The molecule has 1 aromatic carbocycles. The molecule has 1 saturated heterocycles. The number of sulfonamides is 1. The molecule has 19 heavy (non-hydrogen) atoms. The Morgan fingerprint density at radius 3 is 2.74 bits per heavy atom. The summed E-state index contributed by atoms with van der Waals surface area (Å²) in [4.78, 5) is 12.0. The molecule has 1 heterocycles. The van der Waals surface area contributed by atoms with Gasteiger partial charge >= 0.3 is 0 Å². The summed E-state index contributed by atoms with van der Waals surface area (Å²) >= 11 is 0. The Kier molecular flexibility index (Phi) is 3.91. The smallest absolute Gasteiger partial charge is 0.265 e. The zero-order valence-corrected chi connectivity index (χ0v) is 11.8. The van der Waals surface area contributed by atoms with Crippen molar-refractivity contribution in [3.05, 3.63) is 34.9 Å². The van der Waals surface area contributed by atoms with Gasteiger partial charge in [0.25, 0.3) is 5.91 Å². The van der Waals surface area contributed by atoms with Gasteiger partial charge in [-0.3, -0.25) is 4.79 Å². The van der Waals surface area contributed by atoms with Gasteiger partial charge in [-0.1, -0.05) is 17.7 Å². The number of carbonyl (C=O) groups is 1. The maximum Gasteiger partial charge on any atom is 0.265 e. The van der Waals surface area contributed by atoms with E-state index in [4.69, 9.17) is 4.74 Å². The summed E-state index contributed by atoms with van der Waals surface area (Å²) in [6.07, 6.45) is 2.64. The first-order valence-corrected chi connectivity index (χ1v) is 8.00. The molecule has 1 N–H and O–H groups in total. The van der Waals surface area contributed by atoms with E-state index in [-0.39, 0.29) is 6.10 Å². The van der Waals surface area contributed by atoms with Gasteiger partial charge in [0.05, 0.1) is 12.4 Å². The number of nitrogens with one attached hydrogen (secondary N) is 1. The second-order valence-corrected chi connectivity index (χ2v) is 6.54. The van der Waals surface area contributed by atoms with Crippen LogP contribution in [0.1, 0.15) is 40.4 Å². The summed E-state index contributed by atoms with van der Waals surface area (Å²) in [5.41, 5.74) is 2.03. The molecular formula is C13H17NO4S. The number of hydrogen-bond donors (Lipinski definition) is 1. The molecule has 0 unspecified atom stereocenters. The van der Waals surface area contributed by atoms with Gasteiger partial charge in [0.2, 0.25) is 10.0 Å². The highest BCUT2D eigenvalue weighted by Crippen LogP contribution is 2.31. The maximum atomic E-state index is 12.0. The number of hydrogen-bond acceptors (Lipinski definition) is 4. The van der Waals surface area contributed by atoms with E-state index in [1.54, 1.807) is 6.07 Å². The predicted octanol–water partition coefficient (Wildman–Crippen LogP) is 1.54. The van der Waals surface area contributed by atoms with Crippen molar-refractivity contribution in [3.8, 4) is 0 Å². The van der Waals surface area contributed by atoms with Gasteiger partial charge in [0, 0.05) is 12.2 Å². The van der Waals surface area contributed by atoms with Gasteiger partial charge in [-0.15, -0.1) is 0 Å². The van der Waals surface area contributed by atoms with Crippen molar-refractivity contribution in [2.75, 3.05) is 12.9 Å². The molecule has 2 rings (SSSR count). The molecule has 1 atom stereocenters. The fourth-order valence-electron chi connectivity index (χ4n) is 2.19. The van der Waals surface area contributed by atoms with E-state index >= 15 is 0 Å². The van der Waals surface area contributed by atoms with Gasteiger partial charge in [-0.05, 0) is 31.4 Å². The molecular weight excluding hydrogens is 266 g/mol. The Labute approximate surface area is 113 Å². The average molecular weight is 283 g/mol. The zero-order valence-electron chi connectivity index (χ0n) is 11.0. The van der Waals surface area contributed by atoms with Crippen LogP contribution in [0.3, 0.4) is 0 Å². The summed E-state index contributed by atoms with van der Waals surface area (Å²) < 4.78 is 29.9. The fourth-order valence-corrected chi connectivity index (χ4v) is 2.64. The molecule has 0 saturated carbocycles. The first-order chi connectivity index (χ1) is 8.87. The monoisotopic (exact) mass is 283 g/mol. The van der Waals surface area contributed by atoms with Crippen LogP contribution < -0.4 is 4.72 Å². The van der Waals surface area contributed by atoms with Crippen LogP contribution in [0.25, 0.3) is 0 Å². The average Bonchev–Trinajstić information content (AvgIpc) is 2.80. The normalized spacial score (nSPS) is 19.4. The summed E-state index contributed by atoms with van der Waals surface area (Å²) in [6.45, 7) is 2.53. The molecule has 1 amide bonds. The molecule has 0 aromatic heterocycles. The van der Waals surface area contributed by atoms with Gasteiger partial charge < -0.3 is 4.74 Å². The second-order valence-electron chi connectivity index (χ2n) is 4.80. The number of aryl methyl sites for hydroxylation is 1. The van der Waals surface area contributed by atoms with Crippen molar-refractivity contribution in [2.24, 2.45) is 0 Å². The molecule has 0 radical (unpaired) electrons. The van der Waals surface area contributed by atoms with E-state index in [0.29, 0.717) is 12.2 Å². The lowest BCUT2D eigenvalue weighted by molar-refractivity contribution is 0.0952. The molecule has 0 spiro atoms. The number of rotatable bonds is 3. The molecule has 104 valence electrons. The maximum absolute atomic E-state index is 12.0. The minimum Gasteiger partial charge on any atom is -0.374 e. The van der Waals surface area contributed by atoms with Crippen LogP contribution in [0.5, 0.6) is 0 Å². The molecule has 1 aliphatic rings. The Hall–Kier alpha value is -1.40.